The third-order valence-corrected chi connectivity index (χ3v) is 5.54. The molecule has 1 saturated heterocycles. The Bertz CT molecular complexity index is 823. The highest BCUT2D eigenvalue weighted by molar-refractivity contribution is 5.98. The van der Waals surface area contributed by atoms with Gasteiger partial charge in [-0.1, -0.05) is 0 Å². The summed E-state index contributed by atoms with van der Waals surface area (Å²) < 4.78 is 5.51. The lowest BCUT2D eigenvalue weighted by atomic mass is 9.98. The number of likely N-dealkylation sites (tertiary alicyclic amines) is 1. The minimum absolute atomic E-state index is 0.0284. The number of amides is 2. The lowest BCUT2D eigenvalue weighted by Gasteiger charge is -2.37. The van der Waals surface area contributed by atoms with Crippen LogP contribution >= 0.6 is 0 Å². The van der Waals surface area contributed by atoms with Crippen molar-refractivity contribution < 1.29 is 14.0 Å². The van der Waals surface area contributed by atoms with E-state index < -0.39 is 0 Å². The number of nitrogens with one attached hydrogen (secondary N) is 1. The number of anilines is 1. The van der Waals surface area contributed by atoms with Crippen molar-refractivity contribution in [3.63, 3.8) is 0 Å². The van der Waals surface area contributed by atoms with Gasteiger partial charge in [-0.25, -0.2) is 0 Å². The maximum absolute atomic E-state index is 13.4. The Labute approximate surface area is 159 Å². The van der Waals surface area contributed by atoms with Gasteiger partial charge in [-0.3, -0.25) is 9.59 Å². The Balaban J connectivity index is 1.59. The van der Waals surface area contributed by atoms with Gasteiger partial charge in [0.15, 0.2) is 0 Å². The van der Waals surface area contributed by atoms with Crippen molar-refractivity contribution in [2.45, 2.75) is 38.3 Å². The van der Waals surface area contributed by atoms with Crippen molar-refractivity contribution in [3.05, 3.63) is 53.5 Å². The Morgan fingerprint density at radius 2 is 2.07 bits per heavy atom. The minimum Gasteiger partial charge on any atom is -0.467 e. The summed E-state index contributed by atoms with van der Waals surface area (Å²) in [5.41, 5.74) is 2.52. The molecule has 2 aliphatic heterocycles. The fraction of sp³-hybridized carbons (Fsp3) is 0.429. The van der Waals surface area contributed by atoms with E-state index in [9.17, 15) is 9.59 Å². The molecule has 142 valence electrons. The van der Waals surface area contributed by atoms with Crippen LogP contribution in [0.25, 0.3) is 0 Å². The predicted molar refractivity (Wildman–Crippen MR) is 102 cm³/mol. The number of rotatable bonds is 4. The van der Waals surface area contributed by atoms with Crippen LogP contribution in [-0.4, -0.2) is 47.8 Å². The maximum Gasteiger partial charge on any atom is 0.254 e. The van der Waals surface area contributed by atoms with E-state index >= 15 is 0 Å². The number of carbonyl (C=O) groups is 2. The van der Waals surface area contributed by atoms with Gasteiger partial charge in [-0.05, 0) is 75.3 Å². The molecule has 0 unspecified atom stereocenters. The van der Waals surface area contributed by atoms with E-state index in [2.05, 4.69) is 17.3 Å². The molecule has 2 aromatic rings. The van der Waals surface area contributed by atoms with E-state index in [1.54, 1.807) is 6.26 Å². The van der Waals surface area contributed by atoms with Crippen molar-refractivity contribution in [1.82, 2.24) is 9.80 Å². The standard InChI is InChI=1S/C21H25N3O3/c1-23-10-8-17(9-11-23)24(14-18-3-2-12-27-18)21(26)16-4-6-19-15(13-16)5-7-20(25)22-19/h2-4,6,12-13,17H,5,7-11,14H2,1H3,(H,22,25). The molecule has 1 aromatic heterocycles. The highest BCUT2D eigenvalue weighted by Gasteiger charge is 2.29. The molecule has 0 saturated carbocycles. The summed E-state index contributed by atoms with van der Waals surface area (Å²) in [6, 6.07) is 9.57. The fourth-order valence-electron chi connectivity index (χ4n) is 3.93. The predicted octanol–water partition coefficient (Wildman–Crippen LogP) is 2.90. The van der Waals surface area contributed by atoms with Gasteiger partial charge in [0.05, 0.1) is 12.8 Å². The number of carbonyl (C=O) groups excluding carboxylic acids is 2. The maximum atomic E-state index is 13.4. The van der Waals surface area contributed by atoms with Crippen LogP contribution in [0.2, 0.25) is 0 Å². The van der Waals surface area contributed by atoms with Gasteiger partial charge >= 0.3 is 0 Å². The molecule has 0 bridgehead atoms. The number of hydrogen-bond acceptors (Lipinski definition) is 4. The van der Waals surface area contributed by atoms with Crippen LogP contribution in [0.4, 0.5) is 5.69 Å². The molecule has 6 nitrogen and oxygen atoms in total. The molecule has 1 aromatic carbocycles. The SMILES string of the molecule is CN1CCC(N(Cc2ccco2)C(=O)c2ccc3c(c2)CCC(=O)N3)CC1. The average Bonchev–Trinajstić information content (AvgIpc) is 3.19. The molecule has 2 amide bonds. The van der Waals surface area contributed by atoms with Crippen molar-refractivity contribution in [1.29, 1.82) is 0 Å². The molecular formula is C21H25N3O3. The highest BCUT2D eigenvalue weighted by Crippen LogP contribution is 2.26. The Kier molecular flexibility index (Phi) is 4.99. The molecule has 6 heteroatoms. The van der Waals surface area contributed by atoms with E-state index in [-0.39, 0.29) is 17.9 Å². The summed E-state index contributed by atoms with van der Waals surface area (Å²) in [4.78, 5) is 29.2. The lowest BCUT2D eigenvalue weighted by molar-refractivity contribution is -0.116. The molecule has 2 aliphatic rings. The van der Waals surface area contributed by atoms with Crippen molar-refractivity contribution in [2.75, 3.05) is 25.5 Å². The first-order valence-electron chi connectivity index (χ1n) is 9.55. The second-order valence-electron chi connectivity index (χ2n) is 7.47. The third-order valence-electron chi connectivity index (χ3n) is 5.54. The second kappa shape index (κ2) is 7.56. The van der Waals surface area contributed by atoms with Crippen LogP contribution in [0.3, 0.4) is 0 Å². The molecule has 0 atom stereocenters. The fourth-order valence-corrected chi connectivity index (χ4v) is 3.93. The van der Waals surface area contributed by atoms with Crippen LogP contribution in [-0.2, 0) is 17.8 Å². The Morgan fingerprint density at radius 3 is 2.81 bits per heavy atom. The number of furan rings is 1. The van der Waals surface area contributed by atoms with E-state index in [1.165, 1.54) is 0 Å². The van der Waals surface area contributed by atoms with E-state index in [1.807, 2.05) is 35.2 Å². The van der Waals surface area contributed by atoms with Gasteiger partial charge in [-0.15, -0.1) is 0 Å². The number of fused-ring (bicyclic) bond motifs is 1. The summed E-state index contributed by atoms with van der Waals surface area (Å²) in [6.07, 6.45) is 4.71. The van der Waals surface area contributed by atoms with Crippen molar-refractivity contribution in [3.8, 4) is 0 Å². The summed E-state index contributed by atoms with van der Waals surface area (Å²) in [7, 11) is 2.12. The Hall–Kier alpha value is -2.60. The van der Waals surface area contributed by atoms with Crippen LogP contribution < -0.4 is 5.32 Å². The van der Waals surface area contributed by atoms with Crippen molar-refractivity contribution >= 4 is 17.5 Å². The molecule has 1 fully saturated rings. The number of nitrogens with zero attached hydrogens (tertiary/aromatic N) is 2. The molecular weight excluding hydrogens is 342 g/mol. The van der Waals surface area contributed by atoms with Gasteiger partial charge in [0.2, 0.25) is 5.91 Å². The molecule has 27 heavy (non-hydrogen) atoms. The van der Waals surface area contributed by atoms with E-state index in [4.69, 9.17) is 4.42 Å². The zero-order valence-electron chi connectivity index (χ0n) is 15.6. The first-order valence-corrected chi connectivity index (χ1v) is 9.55. The van der Waals surface area contributed by atoms with Crippen LogP contribution in [0.5, 0.6) is 0 Å². The number of hydrogen-bond donors (Lipinski definition) is 1. The quantitative estimate of drug-likeness (QED) is 0.902. The summed E-state index contributed by atoms with van der Waals surface area (Å²) in [5, 5.41) is 2.88. The molecule has 1 N–H and O–H groups in total. The second-order valence-corrected chi connectivity index (χ2v) is 7.47. The number of benzene rings is 1. The topological polar surface area (TPSA) is 65.8 Å². The first-order chi connectivity index (χ1) is 13.1. The average molecular weight is 367 g/mol. The molecule has 3 heterocycles. The van der Waals surface area contributed by atoms with Gasteiger partial charge in [0.1, 0.15) is 5.76 Å². The van der Waals surface area contributed by atoms with Crippen LogP contribution in [0, 0.1) is 0 Å². The highest BCUT2D eigenvalue weighted by atomic mass is 16.3. The number of piperidine rings is 1. The zero-order valence-corrected chi connectivity index (χ0v) is 15.6. The van der Waals surface area contributed by atoms with Crippen LogP contribution in [0.1, 0.15) is 40.9 Å². The van der Waals surface area contributed by atoms with Gasteiger partial charge in [-0.2, -0.15) is 0 Å². The monoisotopic (exact) mass is 367 g/mol. The summed E-state index contributed by atoms with van der Waals surface area (Å²) in [6.45, 7) is 2.46. The van der Waals surface area contributed by atoms with E-state index in [0.29, 0.717) is 24.9 Å². The van der Waals surface area contributed by atoms with Crippen LogP contribution in [0.15, 0.2) is 41.0 Å². The smallest absolute Gasteiger partial charge is 0.254 e. The van der Waals surface area contributed by atoms with E-state index in [0.717, 1.165) is 42.9 Å². The molecule has 0 radical (unpaired) electrons. The normalized spacial score (nSPS) is 18.0. The summed E-state index contributed by atoms with van der Waals surface area (Å²) in [5.74, 6) is 0.862. The molecule has 0 spiro atoms. The van der Waals surface area contributed by atoms with Crippen molar-refractivity contribution in [2.24, 2.45) is 0 Å². The third kappa shape index (κ3) is 3.90. The van der Waals surface area contributed by atoms with Gasteiger partial charge in [0.25, 0.3) is 5.91 Å². The lowest BCUT2D eigenvalue weighted by Crippen LogP contribution is -2.46. The minimum atomic E-state index is 0.0284. The largest absolute Gasteiger partial charge is 0.467 e. The molecule has 4 rings (SSSR count). The molecule has 0 aliphatic carbocycles. The van der Waals surface area contributed by atoms with Gasteiger partial charge in [0, 0.05) is 23.7 Å². The Morgan fingerprint density at radius 1 is 1.26 bits per heavy atom. The van der Waals surface area contributed by atoms with Gasteiger partial charge < -0.3 is 19.5 Å². The zero-order chi connectivity index (χ0) is 18.8. The summed E-state index contributed by atoms with van der Waals surface area (Å²) >= 11 is 0. The first kappa shape index (κ1) is 17.8. The number of aryl methyl sites for hydroxylation is 1.